The van der Waals surface area contributed by atoms with E-state index in [4.69, 9.17) is 10.1 Å². The number of anilines is 2. The van der Waals surface area contributed by atoms with Crippen LogP contribution < -0.4 is 21.0 Å². The van der Waals surface area contributed by atoms with E-state index in [1.165, 1.54) is 12.3 Å². The van der Waals surface area contributed by atoms with Crippen LogP contribution in [0.25, 0.3) is 0 Å². The molecule has 6 rings (SSSR count). The largest absolute Gasteiger partial charge is 0.355 e. The first kappa shape index (κ1) is 45.8. The molecule has 63 heavy (non-hydrogen) atoms. The minimum Gasteiger partial charge on any atom is -0.339 e. The molecule has 2 aliphatic rings. The molecule has 2 heterocycles. The van der Waals surface area contributed by atoms with E-state index < -0.39 is 34.4 Å². The van der Waals surface area contributed by atoms with Crippen LogP contribution in [0.5, 0.6) is 0 Å². The van der Waals surface area contributed by atoms with Gasteiger partial charge in [-0.05, 0) is 136 Å². The highest BCUT2D eigenvalue weighted by atomic mass is 32.2. The highest BCUT2D eigenvalue weighted by Gasteiger charge is 2.29. The second kappa shape index (κ2) is 20.0. The summed E-state index contributed by atoms with van der Waals surface area (Å²) in [6, 6.07) is 24.6. The Kier molecular flexibility index (Phi) is 14.5. The molecule has 0 unspecified atom stereocenters. The molecule has 2 saturated heterocycles. The van der Waals surface area contributed by atoms with Crippen LogP contribution in [0, 0.1) is 25.2 Å². The Morgan fingerprint density at radius 3 is 1.78 bits per heavy atom. The maximum Gasteiger partial charge on any atom is 0.355 e. The van der Waals surface area contributed by atoms with Crippen LogP contribution in [0.1, 0.15) is 99.9 Å². The fraction of sp³-hybridized carbons (Fsp3) is 0.362. The molecule has 16 heteroatoms. The summed E-state index contributed by atoms with van der Waals surface area (Å²) in [4.78, 5) is 76.4. The Morgan fingerprint density at radius 1 is 0.762 bits per heavy atom. The number of amides is 6. The van der Waals surface area contributed by atoms with E-state index >= 15 is 0 Å². The van der Waals surface area contributed by atoms with Gasteiger partial charge in [-0.2, -0.15) is 5.26 Å². The number of carbonyl (C=O) groups excluding carboxylic acids is 5. The molecule has 0 aromatic heterocycles. The number of nitrogens with one attached hydrogen (secondary N) is 3. The van der Waals surface area contributed by atoms with Gasteiger partial charge in [0.1, 0.15) is 6.54 Å². The average molecular weight is 876 g/mol. The lowest BCUT2D eigenvalue weighted by Gasteiger charge is -2.32. The fourth-order valence-electron chi connectivity index (χ4n) is 7.82. The quantitative estimate of drug-likeness (QED) is 0.143. The molecule has 0 aliphatic carbocycles. The van der Waals surface area contributed by atoms with Crippen LogP contribution in [0.3, 0.4) is 0 Å². The smallest absolute Gasteiger partial charge is 0.339 e. The molecule has 0 atom stereocenters. The van der Waals surface area contributed by atoms with Gasteiger partial charge in [0.25, 0.3) is 11.8 Å². The van der Waals surface area contributed by atoms with Crippen molar-refractivity contribution in [3.8, 4) is 6.07 Å². The zero-order chi connectivity index (χ0) is 45.4. The third-order valence-electron chi connectivity index (χ3n) is 11.4. The van der Waals surface area contributed by atoms with Gasteiger partial charge >= 0.3 is 18.0 Å². The van der Waals surface area contributed by atoms with E-state index in [2.05, 4.69) is 22.0 Å². The van der Waals surface area contributed by atoms with Crippen molar-refractivity contribution < 1.29 is 37.2 Å². The molecular weight excluding hydrogens is 823 g/mol. The summed E-state index contributed by atoms with van der Waals surface area (Å²) in [7, 11) is -3.31. The van der Waals surface area contributed by atoms with E-state index in [0.717, 1.165) is 29.0 Å². The predicted molar refractivity (Wildman–Crippen MR) is 238 cm³/mol. The monoisotopic (exact) mass is 875 g/mol. The number of benzene rings is 4. The number of urea groups is 2. The van der Waals surface area contributed by atoms with Crippen molar-refractivity contribution in [1.82, 2.24) is 20.4 Å². The number of nitriles is 1. The van der Waals surface area contributed by atoms with Crippen LogP contribution >= 0.6 is 0 Å². The molecule has 330 valence electrons. The Balaban J connectivity index is 1.05. The van der Waals surface area contributed by atoms with E-state index in [0.29, 0.717) is 67.0 Å². The number of carbonyl (C=O) groups is 5. The number of hydrogen-bond donors (Lipinski definition) is 3. The normalized spacial score (nSPS) is 14.7. The summed E-state index contributed by atoms with van der Waals surface area (Å²) < 4.78 is 23.8. The second-order valence-corrected chi connectivity index (χ2v) is 18.4. The van der Waals surface area contributed by atoms with Crippen molar-refractivity contribution >= 4 is 51.1 Å². The maximum absolute atomic E-state index is 13.8. The molecule has 2 fully saturated rings. The number of rotatable bonds is 10. The highest BCUT2D eigenvalue weighted by molar-refractivity contribution is 7.90. The zero-order valence-corrected chi connectivity index (χ0v) is 37.0. The van der Waals surface area contributed by atoms with Gasteiger partial charge in [0.15, 0.2) is 9.84 Å². The van der Waals surface area contributed by atoms with E-state index in [1.54, 1.807) is 80.0 Å². The summed E-state index contributed by atoms with van der Waals surface area (Å²) in [5.74, 6) is -0.950. The third kappa shape index (κ3) is 11.6. The van der Waals surface area contributed by atoms with Crippen LogP contribution in [0.15, 0.2) is 89.8 Å². The van der Waals surface area contributed by atoms with Gasteiger partial charge in [-0.15, -0.1) is 5.06 Å². The van der Waals surface area contributed by atoms with E-state index in [1.807, 2.05) is 36.4 Å². The first-order valence-electron chi connectivity index (χ1n) is 21.0. The molecule has 6 amide bonds. The number of likely N-dealkylation sites (tertiary alicyclic amines) is 2. The van der Waals surface area contributed by atoms with E-state index in [9.17, 15) is 32.4 Å². The Labute approximate surface area is 368 Å². The summed E-state index contributed by atoms with van der Waals surface area (Å²) in [5.41, 5.74) is 5.21. The van der Waals surface area contributed by atoms with Crippen LogP contribution in [-0.2, 0) is 19.5 Å². The van der Waals surface area contributed by atoms with Crippen molar-refractivity contribution in [2.45, 2.75) is 76.2 Å². The molecule has 2 aliphatic heterocycles. The molecule has 3 N–H and O–H groups in total. The molecule has 0 radical (unpaired) electrons. The minimum absolute atomic E-state index is 0.154. The number of nitrogens with zero attached hydrogens (tertiary/aromatic N) is 4. The Hall–Kier alpha value is -6.73. The molecule has 0 spiro atoms. The van der Waals surface area contributed by atoms with Crippen molar-refractivity contribution in [2.24, 2.45) is 0 Å². The highest BCUT2D eigenvalue weighted by Crippen LogP contribution is 2.32. The molecule has 0 bridgehead atoms. The first-order chi connectivity index (χ1) is 30.0. The van der Waals surface area contributed by atoms with E-state index in [-0.39, 0.29) is 45.8 Å². The molecule has 15 nitrogen and oxygen atoms in total. The molecular formula is C47H53N7O8S. The Morgan fingerprint density at radius 2 is 1.27 bits per heavy atom. The number of hydroxylamine groups is 1. The summed E-state index contributed by atoms with van der Waals surface area (Å²) >= 11 is 0. The van der Waals surface area contributed by atoms with Gasteiger partial charge in [-0.1, -0.05) is 36.4 Å². The minimum atomic E-state index is -3.31. The van der Waals surface area contributed by atoms with Crippen molar-refractivity contribution in [3.05, 3.63) is 124 Å². The summed E-state index contributed by atoms with van der Waals surface area (Å²) in [6.45, 7) is 8.39. The molecule has 4 aromatic rings. The lowest BCUT2D eigenvalue weighted by Crippen LogP contribution is -2.46. The number of piperidine rings is 2. The van der Waals surface area contributed by atoms with Gasteiger partial charge in [-0.3, -0.25) is 9.59 Å². The summed E-state index contributed by atoms with van der Waals surface area (Å²) in [5, 5.41) is 17.8. The van der Waals surface area contributed by atoms with Gasteiger partial charge in [0, 0.05) is 55.3 Å². The fourth-order valence-corrected chi connectivity index (χ4v) is 8.45. The number of sulfone groups is 1. The SMILES string of the molecule is Cc1ccc(C(=O)N2CCC(c3ccc(C#N)cc3)CC2)cc1NC(=O)NCC(=O)ON(C(=O)NC(C)C)c1cc(C(=O)N2CCC(c3ccc(S(C)(=O)=O)cc3)CC2)ccc1C. The van der Waals surface area contributed by atoms with Crippen LogP contribution in [-0.4, -0.2) is 93.1 Å². The van der Waals surface area contributed by atoms with Gasteiger partial charge in [-0.25, -0.2) is 22.8 Å². The number of aryl methyl sites for hydroxylation is 2. The number of hydrogen-bond acceptors (Lipinski definition) is 9. The second-order valence-electron chi connectivity index (χ2n) is 16.4. The summed E-state index contributed by atoms with van der Waals surface area (Å²) in [6.07, 6.45) is 4.08. The third-order valence-corrected chi connectivity index (χ3v) is 12.6. The van der Waals surface area contributed by atoms with Crippen molar-refractivity contribution in [1.29, 1.82) is 5.26 Å². The topological polar surface area (TPSA) is 198 Å². The molecule has 4 aromatic carbocycles. The Bertz CT molecular complexity index is 2500. The standard InChI is InChI=1S/C47H53N7O8S/c1-30(2)50-47(59)54(42-27-39(11-7-32(42)4)45(57)53-24-20-37(21-25-53)35-14-16-40(17-15-35)63(5,60)61)62-43(55)29-49-46(58)51-41-26-38(10-6-31(41)3)44(56)52-22-18-36(19-23-52)34-12-8-33(28-48)9-13-34/h6-17,26-27,30,36-37H,18-25,29H2,1-5H3,(H,50,59)(H2,49,51,58). The maximum atomic E-state index is 13.8. The van der Waals surface area contributed by atoms with Crippen molar-refractivity contribution in [2.75, 3.05) is 49.4 Å². The van der Waals surface area contributed by atoms with Gasteiger partial charge < -0.3 is 30.6 Å². The molecule has 0 saturated carbocycles. The van der Waals surface area contributed by atoms with Gasteiger partial charge in [0.2, 0.25) is 0 Å². The lowest BCUT2D eigenvalue weighted by atomic mass is 9.89. The first-order valence-corrected chi connectivity index (χ1v) is 22.9. The zero-order valence-electron chi connectivity index (χ0n) is 36.1. The average Bonchev–Trinajstić information content (AvgIpc) is 3.27. The van der Waals surface area contributed by atoms with Crippen molar-refractivity contribution in [3.63, 3.8) is 0 Å². The van der Waals surface area contributed by atoms with Crippen LogP contribution in [0.2, 0.25) is 0 Å². The van der Waals surface area contributed by atoms with Gasteiger partial charge in [0.05, 0.1) is 22.2 Å². The van der Waals surface area contributed by atoms with Crippen LogP contribution in [0.4, 0.5) is 21.0 Å². The lowest BCUT2D eigenvalue weighted by molar-refractivity contribution is -0.142. The predicted octanol–water partition coefficient (Wildman–Crippen LogP) is 6.82.